The highest BCUT2D eigenvalue weighted by molar-refractivity contribution is 6.32. The summed E-state index contributed by atoms with van der Waals surface area (Å²) in [5, 5.41) is 9.99. The molecule has 0 saturated heterocycles. The Kier molecular flexibility index (Phi) is 2.72. The van der Waals surface area contributed by atoms with E-state index in [0.29, 0.717) is 6.07 Å². The Morgan fingerprint density at radius 2 is 2.23 bits per heavy atom. The van der Waals surface area contributed by atoms with Crippen molar-refractivity contribution >= 4 is 17.3 Å². The maximum atomic E-state index is 12.0. The van der Waals surface area contributed by atoms with Gasteiger partial charge >= 0.3 is 0 Å². The third-order valence-corrected chi connectivity index (χ3v) is 1.57. The molecule has 1 rings (SSSR count). The van der Waals surface area contributed by atoms with Crippen molar-refractivity contribution in [1.82, 2.24) is 4.98 Å². The van der Waals surface area contributed by atoms with E-state index in [2.05, 4.69) is 4.98 Å². The first-order chi connectivity index (χ1) is 6.02. The van der Waals surface area contributed by atoms with Gasteiger partial charge in [0.25, 0.3) is 12.1 Å². The maximum absolute atomic E-state index is 12.0. The largest absolute Gasteiger partial charge is 0.291 e. The molecule has 0 aliphatic heterocycles. The van der Waals surface area contributed by atoms with Gasteiger partial charge in [-0.1, -0.05) is 11.6 Å². The summed E-state index contributed by atoms with van der Waals surface area (Å²) in [5.41, 5.74) is -1.22. The number of hydrogen-bond acceptors (Lipinski definition) is 3. The Hall–Kier alpha value is -1.30. The number of pyridine rings is 1. The topological polar surface area (TPSA) is 56.0 Å². The third kappa shape index (κ3) is 2.09. The minimum absolute atomic E-state index is 0.255. The van der Waals surface area contributed by atoms with Crippen molar-refractivity contribution in [3.05, 3.63) is 33.1 Å². The molecule has 0 saturated carbocycles. The van der Waals surface area contributed by atoms with Crippen LogP contribution in [-0.4, -0.2) is 9.91 Å². The van der Waals surface area contributed by atoms with Gasteiger partial charge in [0.2, 0.25) is 0 Å². The Labute approximate surface area is 76.3 Å². The Morgan fingerprint density at radius 3 is 2.69 bits per heavy atom. The maximum Gasteiger partial charge on any atom is 0.291 e. The molecular weight excluding hydrogens is 206 g/mol. The SMILES string of the molecule is O=[N+]([O-])c1cc(C(F)F)ncc1Cl. The number of nitrogens with zero attached hydrogens (tertiary/aromatic N) is 2. The van der Waals surface area contributed by atoms with Gasteiger partial charge in [0.15, 0.2) is 0 Å². The van der Waals surface area contributed by atoms with Gasteiger partial charge in [-0.05, 0) is 0 Å². The molecule has 13 heavy (non-hydrogen) atoms. The molecule has 0 bridgehead atoms. The molecule has 0 unspecified atom stereocenters. The van der Waals surface area contributed by atoms with E-state index in [1.165, 1.54) is 0 Å². The zero-order valence-electron chi connectivity index (χ0n) is 6.08. The van der Waals surface area contributed by atoms with E-state index >= 15 is 0 Å². The number of rotatable bonds is 2. The summed E-state index contributed by atoms with van der Waals surface area (Å²) in [6.45, 7) is 0. The van der Waals surface area contributed by atoms with E-state index in [1.807, 2.05) is 0 Å². The van der Waals surface area contributed by atoms with Gasteiger partial charge in [0, 0.05) is 6.07 Å². The third-order valence-electron chi connectivity index (χ3n) is 1.28. The Morgan fingerprint density at radius 1 is 1.62 bits per heavy atom. The van der Waals surface area contributed by atoms with Crippen LogP contribution in [0.1, 0.15) is 12.1 Å². The summed E-state index contributed by atoms with van der Waals surface area (Å²) in [6.07, 6.45) is -2.00. The fraction of sp³-hybridized carbons (Fsp3) is 0.167. The second-order valence-corrected chi connectivity index (χ2v) is 2.53. The molecule has 0 aliphatic rings. The van der Waals surface area contributed by atoms with Crippen LogP contribution in [0.3, 0.4) is 0 Å². The second kappa shape index (κ2) is 3.61. The highest BCUT2D eigenvalue weighted by Gasteiger charge is 2.18. The van der Waals surface area contributed by atoms with Crippen molar-refractivity contribution in [2.45, 2.75) is 6.43 Å². The standard InChI is InChI=1S/C6H3ClF2N2O2/c7-3-2-10-4(6(8)9)1-5(3)11(12)13/h1-2,6H. The summed E-state index contributed by atoms with van der Waals surface area (Å²) in [4.78, 5) is 12.6. The predicted molar refractivity (Wildman–Crippen MR) is 40.9 cm³/mol. The average Bonchev–Trinajstić information content (AvgIpc) is 2.04. The molecule has 0 amide bonds. The van der Waals surface area contributed by atoms with Gasteiger partial charge < -0.3 is 0 Å². The van der Waals surface area contributed by atoms with Crippen LogP contribution >= 0.6 is 11.6 Å². The average molecular weight is 209 g/mol. The van der Waals surface area contributed by atoms with E-state index in [-0.39, 0.29) is 5.02 Å². The van der Waals surface area contributed by atoms with Crippen LogP contribution in [0, 0.1) is 10.1 Å². The van der Waals surface area contributed by atoms with Crippen LogP contribution in [0.4, 0.5) is 14.5 Å². The van der Waals surface area contributed by atoms with Crippen LogP contribution in [0.5, 0.6) is 0 Å². The first-order valence-electron chi connectivity index (χ1n) is 3.10. The number of alkyl halides is 2. The lowest BCUT2D eigenvalue weighted by Crippen LogP contribution is -1.95. The summed E-state index contributed by atoms with van der Waals surface area (Å²) in [6, 6.07) is 0.660. The summed E-state index contributed by atoms with van der Waals surface area (Å²) in [5.74, 6) is 0. The highest BCUT2D eigenvalue weighted by Crippen LogP contribution is 2.27. The first kappa shape index (κ1) is 9.79. The molecular formula is C6H3ClF2N2O2. The lowest BCUT2D eigenvalue weighted by Gasteiger charge is -1.98. The summed E-state index contributed by atoms with van der Waals surface area (Å²) < 4.78 is 24.0. The lowest BCUT2D eigenvalue weighted by atomic mass is 10.3. The normalized spacial score (nSPS) is 10.5. The number of hydrogen-bond donors (Lipinski definition) is 0. The summed E-state index contributed by atoms with van der Waals surface area (Å²) in [7, 11) is 0. The minimum atomic E-state index is -2.84. The first-order valence-corrected chi connectivity index (χ1v) is 3.48. The highest BCUT2D eigenvalue weighted by atomic mass is 35.5. The second-order valence-electron chi connectivity index (χ2n) is 2.12. The zero-order valence-corrected chi connectivity index (χ0v) is 6.83. The van der Waals surface area contributed by atoms with Gasteiger partial charge in [-0.2, -0.15) is 0 Å². The van der Waals surface area contributed by atoms with Gasteiger partial charge in [-0.25, -0.2) is 8.78 Å². The van der Waals surface area contributed by atoms with E-state index in [4.69, 9.17) is 11.6 Å². The van der Waals surface area contributed by atoms with Crippen molar-refractivity contribution in [3.8, 4) is 0 Å². The molecule has 1 heterocycles. The van der Waals surface area contributed by atoms with Gasteiger partial charge in [0.1, 0.15) is 10.7 Å². The molecule has 0 atom stereocenters. The number of nitro groups is 1. The van der Waals surface area contributed by atoms with Crippen molar-refractivity contribution in [2.24, 2.45) is 0 Å². The number of aromatic nitrogens is 1. The van der Waals surface area contributed by atoms with Crippen molar-refractivity contribution in [2.75, 3.05) is 0 Å². The molecule has 0 fully saturated rings. The van der Waals surface area contributed by atoms with Crippen LogP contribution in [-0.2, 0) is 0 Å². The van der Waals surface area contributed by atoms with Crippen LogP contribution in [0.2, 0.25) is 5.02 Å². The zero-order chi connectivity index (χ0) is 10.0. The molecule has 4 nitrogen and oxygen atoms in total. The van der Waals surface area contributed by atoms with Crippen LogP contribution in [0.25, 0.3) is 0 Å². The van der Waals surface area contributed by atoms with Crippen molar-refractivity contribution < 1.29 is 13.7 Å². The molecule has 70 valence electrons. The van der Waals surface area contributed by atoms with Gasteiger partial charge in [-0.3, -0.25) is 15.1 Å². The predicted octanol–water partition coefficient (Wildman–Crippen LogP) is 2.58. The monoisotopic (exact) mass is 208 g/mol. The number of halogens is 3. The lowest BCUT2D eigenvalue weighted by molar-refractivity contribution is -0.384. The van der Waals surface area contributed by atoms with Crippen LogP contribution in [0.15, 0.2) is 12.3 Å². The molecule has 0 aromatic carbocycles. The van der Waals surface area contributed by atoms with Crippen molar-refractivity contribution in [3.63, 3.8) is 0 Å². The van der Waals surface area contributed by atoms with E-state index in [0.717, 1.165) is 6.20 Å². The van der Waals surface area contributed by atoms with E-state index in [1.54, 1.807) is 0 Å². The quantitative estimate of drug-likeness (QED) is 0.554. The molecule has 0 aliphatic carbocycles. The van der Waals surface area contributed by atoms with E-state index < -0.39 is 22.7 Å². The van der Waals surface area contributed by atoms with Gasteiger partial charge in [0.05, 0.1) is 11.1 Å². The smallest absolute Gasteiger partial charge is 0.258 e. The van der Waals surface area contributed by atoms with Crippen molar-refractivity contribution in [1.29, 1.82) is 0 Å². The molecule has 1 aromatic heterocycles. The minimum Gasteiger partial charge on any atom is -0.258 e. The van der Waals surface area contributed by atoms with E-state index in [9.17, 15) is 18.9 Å². The molecule has 0 spiro atoms. The molecule has 1 aromatic rings. The van der Waals surface area contributed by atoms with Gasteiger partial charge in [-0.15, -0.1) is 0 Å². The Balaban J connectivity index is 3.19. The Bertz CT molecular complexity index is 345. The molecule has 7 heteroatoms. The fourth-order valence-electron chi connectivity index (χ4n) is 0.703. The van der Waals surface area contributed by atoms with Crippen LogP contribution < -0.4 is 0 Å². The fourth-order valence-corrected chi connectivity index (χ4v) is 0.875. The summed E-state index contributed by atoms with van der Waals surface area (Å²) >= 11 is 5.35. The molecule has 0 radical (unpaired) electrons. The molecule has 0 N–H and O–H groups in total.